The Bertz CT molecular complexity index is 1160. The summed E-state index contributed by atoms with van der Waals surface area (Å²) in [5.41, 5.74) is 4.22. The number of carbonyl (C=O) groups is 3. The normalized spacial score (nSPS) is 17.2. The Morgan fingerprint density at radius 1 is 1.09 bits per heavy atom. The first-order chi connectivity index (χ1) is 16.0. The van der Waals surface area contributed by atoms with Crippen LogP contribution in [0.2, 0.25) is 0 Å². The van der Waals surface area contributed by atoms with Crippen LogP contribution in [-0.4, -0.2) is 31.1 Å². The lowest BCUT2D eigenvalue weighted by molar-refractivity contribution is -0.382. The number of carbonyl (C=O) groups excluding carboxylic acids is 3. The van der Waals surface area contributed by atoms with Crippen molar-refractivity contribution in [2.45, 2.75) is 33.0 Å². The van der Waals surface area contributed by atoms with Crippen LogP contribution in [0, 0.1) is 0 Å². The molecule has 8 heteroatoms. The van der Waals surface area contributed by atoms with Crippen molar-refractivity contribution in [1.29, 1.82) is 0 Å². The van der Waals surface area contributed by atoms with E-state index >= 15 is 0 Å². The third-order valence-electron chi connectivity index (χ3n) is 5.15. The van der Waals surface area contributed by atoms with Crippen LogP contribution in [0.3, 0.4) is 0 Å². The summed E-state index contributed by atoms with van der Waals surface area (Å²) in [6.07, 6.45) is -0.179. The highest BCUT2D eigenvalue weighted by Crippen LogP contribution is 2.34. The number of ether oxygens (including phenoxy) is 3. The highest BCUT2D eigenvalue weighted by atomic mass is 32.1. The number of esters is 1. The van der Waals surface area contributed by atoms with Gasteiger partial charge in [-0.05, 0) is 54.1 Å². The fourth-order valence-electron chi connectivity index (χ4n) is 3.45. The number of hydrogen-bond donors (Lipinski definition) is 1. The fourth-order valence-corrected chi connectivity index (χ4v) is 4.28. The Hall–Kier alpha value is -3.33. The molecule has 0 saturated carbocycles. The van der Waals surface area contributed by atoms with Gasteiger partial charge in [0.25, 0.3) is 5.91 Å². The number of nitrogens with one attached hydrogen (secondary N) is 1. The van der Waals surface area contributed by atoms with Crippen LogP contribution in [0.15, 0.2) is 53.9 Å². The standard InChI is InChI=1S/C25H23NO6S/c1-3-30-24(29)20-9-6-17(10-21(20)25-31-15(2)32-25)12-26-23(28)22-11-19(14-33-22)18-7-4-16(13-27)5-8-18/h4-11,13-15,25H,3,12H2,1-2H3,(H,26,28). The second-order valence-electron chi connectivity index (χ2n) is 7.44. The summed E-state index contributed by atoms with van der Waals surface area (Å²) in [6.45, 7) is 4.06. The van der Waals surface area contributed by atoms with Gasteiger partial charge in [-0.1, -0.05) is 30.3 Å². The highest BCUT2D eigenvalue weighted by molar-refractivity contribution is 7.12. The molecule has 2 aromatic carbocycles. The summed E-state index contributed by atoms with van der Waals surface area (Å²) in [5.74, 6) is -0.640. The summed E-state index contributed by atoms with van der Waals surface area (Å²) in [4.78, 5) is 36.4. The van der Waals surface area contributed by atoms with Gasteiger partial charge in [0.2, 0.25) is 0 Å². The molecule has 33 heavy (non-hydrogen) atoms. The van der Waals surface area contributed by atoms with Crippen LogP contribution < -0.4 is 5.32 Å². The Morgan fingerprint density at radius 3 is 2.52 bits per heavy atom. The number of aldehydes is 1. The van der Waals surface area contributed by atoms with Gasteiger partial charge < -0.3 is 19.5 Å². The summed E-state index contributed by atoms with van der Waals surface area (Å²) >= 11 is 1.35. The van der Waals surface area contributed by atoms with Crippen molar-refractivity contribution in [1.82, 2.24) is 5.32 Å². The lowest BCUT2D eigenvalue weighted by Crippen LogP contribution is -2.33. The van der Waals surface area contributed by atoms with E-state index in [9.17, 15) is 14.4 Å². The average molecular weight is 466 g/mol. The molecule has 7 nitrogen and oxygen atoms in total. The minimum Gasteiger partial charge on any atom is -0.462 e. The third kappa shape index (κ3) is 5.19. The van der Waals surface area contributed by atoms with Gasteiger partial charge in [0.15, 0.2) is 12.6 Å². The monoisotopic (exact) mass is 465 g/mol. The molecule has 3 aromatic rings. The van der Waals surface area contributed by atoms with E-state index < -0.39 is 12.3 Å². The zero-order chi connectivity index (χ0) is 23.4. The molecular weight excluding hydrogens is 442 g/mol. The predicted molar refractivity (Wildman–Crippen MR) is 123 cm³/mol. The molecule has 0 unspecified atom stereocenters. The molecule has 170 valence electrons. The minimum absolute atomic E-state index is 0.198. The first-order valence-electron chi connectivity index (χ1n) is 10.5. The average Bonchev–Trinajstić information content (AvgIpc) is 3.31. The van der Waals surface area contributed by atoms with E-state index in [2.05, 4.69) is 5.32 Å². The van der Waals surface area contributed by atoms with E-state index in [0.29, 0.717) is 21.6 Å². The molecule has 1 amide bonds. The van der Waals surface area contributed by atoms with Crippen molar-refractivity contribution in [2.24, 2.45) is 0 Å². The summed E-state index contributed by atoms with van der Waals surface area (Å²) in [7, 11) is 0. The lowest BCUT2D eigenvalue weighted by atomic mass is 10.0. The highest BCUT2D eigenvalue weighted by Gasteiger charge is 2.32. The van der Waals surface area contributed by atoms with Crippen LogP contribution in [0.5, 0.6) is 0 Å². The topological polar surface area (TPSA) is 90.9 Å². The maximum Gasteiger partial charge on any atom is 0.338 e. The number of amides is 1. The third-order valence-corrected chi connectivity index (χ3v) is 6.08. The SMILES string of the molecule is CCOC(=O)c1ccc(CNC(=O)c2cc(-c3ccc(C=O)cc3)cs2)cc1C1OC(C)O1. The Kier molecular flexibility index (Phi) is 6.98. The first kappa shape index (κ1) is 22.8. The van der Waals surface area contributed by atoms with Gasteiger partial charge >= 0.3 is 5.97 Å². The largest absolute Gasteiger partial charge is 0.462 e. The van der Waals surface area contributed by atoms with E-state index in [0.717, 1.165) is 23.0 Å². The molecule has 0 spiro atoms. The van der Waals surface area contributed by atoms with Gasteiger partial charge in [-0.2, -0.15) is 0 Å². The zero-order valence-electron chi connectivity index (χ0n) is 18.2. The summed E-state index contributed by atoms with van der Waals surface area (Å²) in [6, 6.07) is 14.2. The lowest BCUT2D eigenvalue weighted by Gasteiger charge is -2.34. The van der Waals surface area contributed by atoms with Crippen LogP contribution in [-0.2, 0) is 20.8 Å². The van der Waals surface area contributed by atoms with E-state index in [1.807, 2.05) is 23.6 Å². The molecule has 1 aromatic heterocycles. The predicted octanol–water partition coefficient (Wildman–Crippen LogP) is 4.73. The molecule has 0 radical (unpaired) electrons. The fraction of sp³-hybridized carbons (Fsp3) is 0.240. The van der Waals surface area contributed by atoms with Crippen LogP contribution in [0.1, 0.15) is 61.7 Å². The molecule has 0 aliphatic carbocycles. The van der Waals surface area contributed by atoms with Crippen LogP contribution >= 0.6 is 11.3 Å². The summed E-state index contributed by atoms with van der Waals surface area (Å²) < 4.78 is 16.3. The quantitative estimate of drug-likeness (QED) is 0.382. The van der Waals surface area contributed by atoms with E-state index in [4.69, 9.17) is 14.2 Å². The Labute approximate surface area is 195 Å². The molecule has 1 aliphatic heterocycles. The maximum absolute atomic E-state index is 12.7. The number of rotatable bonds is 8. The van der Waals surface area contributed by atoms with Crippen LogP contribution in [0.4, 0.5) is 0 Å². The van der Waals surface area contributed by atoms with Gasteiger partial charge in [0, 0.05) is 17.7 Å². The first-order valence-corrected chi connectivity index (χ1v) is 11.4. The van der Waals surface area contributed by atoms with E-state index in [1.54, 1.807) is 44.2 Å². The van der Waals surface area contributed by atoms with Crippen molar-refractivity contribution in [3.63, 3.8) is 0 Å². The second kappa shape index (κ2) is 10.1. The molecular formula is C25H23NO6S. The maximum atomic E-state index is 12.7. The zero-order valence-corrected chi connectivity index (χ0v) is 19.0. The smallest absolute Gasteiger partial charge is 0.338 e. The van der Waals surface area contributed by atoms with Gasteiger partial charge in [-0.3, -0.25) is 9.59 Å². The number of hydrogen-bond acceptors (Lipinski definition) is 7. The molecule has 0 bridgehead atoms. The van der Waals surface area contributed by atoms with Gasteiger partial charge in [0.1, 0.15) is 6.29 Å². The molecule has 2 heterocycles. The summed E-state index contributed by atoms with van der Waals surface area (Å²) in [5, 5.41) is 4.82. The van der Waals surface area contributed by atoms with Crippen molar-refractivity contribution in [3.05, 3.63) is 81.0 Å². The Morgan fingerprint density at radius 2 is 1.85 bits per heavy atom. The van der Waals surface area contributed by atoms with Crippen molar-refractivity contribution < 1.29 is 28.6 Å². The van der Waals surface area contributed by atoms with Crippen molar-refractivity contribution in [2.75, 3.05) is 6.61 Å². The van der Waals surface area contributed by atoms with Crippen LogP contribution in [0.25, 0.3) is 11.1 Å². The number of thiophene rings is 1. The molecule has 1 fully saturated rings. The molecule has 1 N–H and O–H groups in total. The number of benzene rings is 2. The molecule has 4 rings (SSSR count). The minimum atomic E-state index is -0.638. The van der Waals surface area contributed by atoms with E-state index in [1.165, 1.54) is 11.3 Å². The Balaban J connectivity index is 1.44. The van der Waals surface area contributed by atoms with Gasteiger partial charge in [0.05, 0.1) is 17.0 Å². The van der Waals surface area contributed by atoms with E-state index in [-0.39, 0.29) is 25.3 Å². The second-order valence-corrected chi connectivity index (χ2v) is 8.35. The molecule has 0 atom stereocenters. The van der Waals surface area contributed by atoms with Gasteiger partial charge in [-0.25, -0.2) is 4.79 Å². The van der Waals surface area contributed by atoms with Crippen molar-refractivity contribution in [3.8, 4) is 11.1 Å². The molecule has 1 aliphatic rings. The van der Waals surface area contributed by atoms with Gasteiger partial charge in [-0.15, -0.1) is 11.3 Å². The molecule has 1 saturated heterocycles. The van der Waals surface area contributed by atoms with Crippen molar-refractivity contribution >= 4 is 29.5 Å².